The molecule has 4 rings (SSSR count). The minimum atomic E-state index is -3.87. The molecule has 1 aliphatic rings. The Morgan fingerprint density at radius 3 is 2.52 bits per heavy atom. The number of carbonyl (C=O) groups excluding carboxylic acids is 1. The Labute approximate surface area is 180 Å². The van der Waals surface area contributed by atoms with Crippen LogP contribution in [0.15, 0.2) is 82.8 Å². The Morgan fingerprint density at radius 2 is 1.74 bits per heavy atom. The smallest absolute Gasteiger partial charge is 0.271 e. The van der Waals surface area contributed by atoms with Crippen LogP contribution in [0.4, 0.5) is 5.69 Å². The van der Waals surface area contributed by atoms with E-state index in [4.69, 9.17) is 4.74 Å². The van der Waals surface area contributed by atoms with Crippen molar-refractivity contribution in [1.82, 2.24) is 5.43 Å². The zero-order chi connectivity index (χ0) is 21.8. The lowest BCUT2D eigenvalue weighted by atomic mass is 10.1. The second kappa shape index (κ2) is 8.61. The van der Waals surface area contributed by atoms with E-state index in [0.29, 0.717) is 11.4 Å². The fourth-order valence-electron chi connectivity index (χ4n) is 3.38. The molecule has 0 saturated heterocycles. The first-order valence-electron chi connectivity index (χ1n) is 9.68. The van der Waals surface area contributed by atoms with Crippen molar-refractivity contribution in [1.29, 1.82) is 0 Å². The van der Waals surface area contributed by atoms with Crippen molar-refractivity contribution < 1.29 is 17.9 Å². The van der Waals surface area contributed by atoms with Crippen molar-refractivity contribution in [3.8, 4) is 5.75 Å². The van der Waals surface area contributed by atoms with Gasteiger partial charge >= 0.3 is 0 Å². The lowest BCUT2D eigenvalue weighted by Crippen LogP contribution is -2.20. The summed E-state index contributed by atoms with van der Waals surface area (Å²) >= 11 is 0. The third kappa shape index (κ3) is 4.59. The molecule has 0 radical (unpaired) electrons. The van der Waals surface area contributed by atoms with E-state index in [1.54, 1.807) is 30.3 Å². The van der Waals surface area contributed by atoms with Crippen molar-refractivity contribution in [2.24, 2.45) is 5.10 Å². The number of rotatable bonds is 6. The lowest BCUT2D eigenvalue weighted by molar-refractivity contribution is 0.0954. The molecule has 1 amide bonds. The molecule has 0 heterocycles. The van der Waals surface area contributed by atoms with Gasteiger partial charge in [0.2, 0.25) is 0 Å². The van der Waals surface area contributed by atoms with Crippen molar-refractivity contribution in [3.63, 3.8) is 0 Å². The first-order chi connectivity index (χ1) is 15.0. The van der Waals surface area contributed by atoms with Crippen LogP contribution in [0.25, 0.3) is 0 Å². The van der Waals surface area contributed by atoms with Crippen LogP contribution in [-0.2, 0) is 16.4 Å². The molecule has 1 aliphatic carbocycles. The number of benzene rings is 3. The second-order valence-electron chi connectivity index (χ2n) is 7.02. The number of hydrogen-bond donors (Lipinski definition) is 2. The summed E-state index contributed by atoms with van der Waals surface area (Å²) in [7, 11) is -2.33. The van der Waals surface area contributed by atoms with Gasteiger partial charge in [0.1, 0.15) is 5.75 Å². The van der Waals surface area contributed by atoms with E-state index >= 15 is 0 Å². The molecule has 0 bridgehead atoms. The SMILES string of the molecule is COc1ccc(NS(=O)(=O)c2cccc(C(=O)N/N=C3/CCc4ccccc43)c2)cc1. The number of carbonyl (C=O) groups is 1. The number of ether oxygens (including phenoxy) is 1. The Kier molecular flexibility index (Phi) is 5.73. The number of anilines is 1. The Bertz CT molecular complexity index is 1250. The number of amides is 1. The Balaban J connectivity index is 1.49. The zero-order valence-electron chi connectivity index (χ0n) is 16.8. The highest BCUT2D eigenvalue weighted by Crippen LogP contribution is 2.22. The van der Waals surface area contributed by atoms with Crippen LogP contribution in [-0.4, -0.2) is 27.1 Å². The van der Waals surface area contributed by atoms with Gasteiger partial charge in [-0.3, -0.25) is 9.52 Å². The summed E-state index contributed by atoms with van der Waals surface area (Å²) in [6, 6.07) is 20.3. The molecular formula is C23H21N3O4S. The van der Waals surface area contributed by atoms with E-state index in [9.17, 15) is 13.2 Å². The number of aryl methyl sites for hydroxylation is 1. The van der Waals surface area contributed by atoms with Gasteiger partial charge in [0.25, 0.3) is 15.9 Å². The van der Waals surface area contributed by atoms with Crippen molar-refractivity contribution in [3.05, 3.63) is 89.5 Å². The summed E-state index contributed by atoms with van der Waals surface area (Å²) in [6.45, 7) is 0. The van der Waals surface area contributed by atoms with Crippen molar-refractivity contribution in [2.45, 2.75) is 17.7 Å². The predicted molar refractivity (Wildman–Crippen MR) is 119 cm³/mol. The molecule has 2 N–H and O–H groups in total. The molecule has 0 spiro atoms. The van der Waals surface area contributed by atoms with Crippen molar-refractivity contribution in [2.75, 3.05) is 11.8 Å². The van der Waals surface area contributed by atoms with Gasteiger partial charge in [0.05, 0.1) is 17.7 Å². The van der Waals surface area contributed by atoms with Gasteiger partial charge in [-0.05, 0) is 60.9 Å². The molecule has 0 saturated carbocycles. The van der Waals surface area contributed by atoms with E-state index in [1.807, 2.05) is 24.3 Å². The maximum absolute atomic E-state index is 12.7. The first-order valence-corrected chi connectivity index (χ1v) is 11.2. The summed E-state index contributed by atoms with van der Waals surface area (Å²) < 4.78 is 33.0. The molecule has 3 aromatic carbocycles. The predicted octanol–water partition coefficient (Wildman–Crippen LogP) is 3.58. The number of hydrazone groups is 1. The van der Waals surface area contributed by atoms with Gasteiger partial charge in [0, 0.05) is 16.8 Å². The summed E-state index contributed by atoms with van der Waals surface area (Å²) in [6.07, 6.45) is 1.63. The van der Waals surface area contributed by atoms with Crippen LogP contribution in [0, 0.1) is 0 Å². The highest BCUT2D eigenvalue weighted by Gasteiger charge is 2.19. The maximum atomic E-state index is 12.7. The summed E-state index contributed by atoms with van der Waals surface area (Å²) in [4.78, 5) is 12.6. The Hall–Kier alpha value is -3.65. The number of methoxy groups -OCH3 is 1. The molecular weight excluding hydrogens is 414 g/mol. The average Bonchev–Trinajstić information content (AvgIpc) is 3.21. The Morgan fingerprint density at radius 1 is 0.968 bits per heavy atom. The molecule has 8 heteroatoms. The zero-order valence-corrected chi connectivity index (χ0v) is 17.6. The summed E-state index contributed by atoms with van der Waals surface area (Å²) in [5.41, 5.74) is 6.18. The fraction of sp³-hybridized carbons (Fsp3) is 0.130. The van der Waals surface area contributed by atoms with Crippen LogP contribution in [0.5, 0.6) is 5.75 Å². The van der Waals surface area contributed by atoms with Gasteiger partial charge < -0.3 is 4.74 Å². The number of nitrogens with one attached hydrogen (secondary N) is 2. The third-order valence-electron chi connectivity index (χ3n) is 5.00. The molecule has 3 aromatic rings. The van der Waals surface area contributed by atoms with E-state index in [0.717, 1.165) is 24.1 Å². The number of nitrogens with zero attached hydrogens (tertiary/aromatic N) is 1. The molecule has 0 aliphatic heterocycles. The van der Waals surface area contributed by atoms with Crippen LogP contribution < -0.4 is 14.9 Å². The topological polar surface area (TPSA) is 96.9 Å². The minimum Gasteiger partial charge on any atom is -0.497 e. The molecule has 0 atom stereocenters. The van der Waals surface area contributed by atoms with Gasteiger partial charge in [-0.1, -0.05) is 30.3 Å². The van der Waals surface area contributed by atoms with E-state index < -0.39 is 15.9 Å². The molecule has 0 unspecified atom stereocenters. The normalized spacial score (nSPS) is 14.2. The average molecular weight is 436 g/mol. The quantitative estimate of drug-likeness (QED) is 0.579. The summed E-state index contributed by atoms with van der Waals surface area (Å²) in [5, 5.41) is 4.26. The third-order valence-corrected chi connectivity index (χ3v) is 6.38. The van der Waals surface area contributed by atoms with E-state index in [-0.39, 0.29) is 10.5 Å². The van der Waals surface area contributed by atoms with Gasteiger partial charge in [0.15, 0.2) is 0 Å². The first kappa shape index (κ1) is 20.6. The van der Waals surface area contributed by atoms with Gasteiger partial charge in [-0.15, -0.1) is 0 Å². The second-order valence-corrected chi connectivity index (χ2v) is 8.70. The van der Waals surface area contributed by atoms with Crippen LogP contribution in [0.3, 0.4) is 0 Å². The van der Waals surface area contributed by atoms with E-state index in [2.05, 4.69) is 15.2 Å². The molecule has 158 valence electrons. The van der Waals surface area contributed by atoms with Crippen LogP contribution in [0.2, 0.25) is 0 Å². The highest BCUT2D eigenvalue weighted by molar-refractivity contribution is 7.92. The largest absolute Gasteiger partial charge is 0.497 e. The number of hydrogen-bond acceptors (Lipinski definition) is 5. The van der Waals surface area contributed by atoms with Gasteiger partial charge in [-0.2, -0.15) is 5.10 Å². The summed E-state index contributed by atoms with van der Waals surface area (Å²) in [5.74, 6) is 0.145. The monoisotopic (exact) mass is 435 g/mol. The van der Waals surface area contributed by atoms with Crippen LogP contribution in [0.1, 0.15) is 27.9 Å². The van der Waals surface area contributed by atoms with Crippen LogP contribution >= 0.6 is 0 Å². The van der Waals surface area contributed by atoms with Crippen molar-refractivity contribution >= 4 is 27.3 Å². The lowest BCUT2D eigenvalue weighted by Gasteiger charge is -2.10. The number of fused-ring (bicyclic) bond motifs is 1. The number of sulfonamides is 1. The van der Waals surface area contributed by atoms with E-state index in [1.165, 1.54) is 30.9 Å². The minimum absolute atomic E-state index is 0.0187. The maximum Gasteiger partial charge on any atom is 0.271 e. The highest BCUT2D eigenvalue weighted by atomic mass is 32.2. The molecule has 31 heavy (non-hydrogen) atoms. The molecule has 0 fully saturated rings. The fourth-order valence-corrected chi connectivity index (χ4v) is 4.49. The molecule has 0 aromatic heterocycles. The standard InChI is InChI=1S/C23H21N3O4S/c1-30-19-12-10-18(11-13-19)26-31(28,29)20-7-4-6-17(15-20)23(27)25-24-22-14-9-16-5-2-3-8-21(16)22/h2-8,10-13,15,26H,9,14H2,1H3,(H,25,27)/b24-22-. The van der Waals surface area contributed by atoms with Gasteiger partial charge in [-0.25, -0.2) is 13.8 Å². The molecule has 7 nitrogen and oxygen atoms in total.